The van der Waals surface area contributed by atoms with Crippen molar-refractivity contribution in [1.29, 1.82) is 0 Å². The van der Waals surface area contributed by atoms with Gasteiger partial charge < -0.3 is 20.7 Å². The molecule has 0 bridgehead atoms. The molecular formula is C6H13NO3. The van der Waals surface area contributed by atoms with Gasteiger partial charge in [0.25, 0.3) is 0 Å². The van der Waals surface area contributed by atoms with Crippen LogP contribution in [-0.2, 0) is 4.74 Å². The largest absolute Gasteiger partial charge is 0.394 e. The number of rotatable bonds is 1. The normalized spacial score (nSPS) is 48.0. The second-order valence-corrected chi connectivity index (χ2v) is 2.67. The molecule has 1 saturated heterocycles. The predicted molar refractivity (Wildman–Crippen MR) is 35.1 cm³/mol. The number of aliphatic hydroxyl groups excluding tert-OH is 2. The molecule has 0 aliphatic carbocycles. The van der Waals surface area contributed by atoms with E-state index in [1.54, 1.807) is 6.92 Å². The number of hydrogen-bond donors (Lipinski definition) is 3. The van der Waals surface area contributed by atoms with Crippen LogP contribution in [-0.4, -0.2) is 35.3 Å². The summed E-state index contributed by atoms with van der Waals surface area (Å²) in [4.78, 5) is 0. The maximum Gasteiger partial charge on any atom is 0.132 e. The van der Waals surface area contributed by atoms with Crippen molar-refractivity contribution in [3.05, 3.63) is 0 Å². The first-order valence-corrected chi connectivity index (χ1v) is 3.36. The molecule has 0 spiro atoms. The summed E-state index contributed by atoms with van der Waals surface area (Å²) < 4.78 is 5.01. The van der Waals surface area contributed by atoms with Crippen molar-refractivity contribution in [3.63, 3.8) is 0 Å². The van der Waals surface area contributed by atoms with Crippen LogP contribution in [0.1, 0.15) is 6.92 Å². The van der Waals surface area contributed by atoms with Gasteiger partial charge in [0.05, 0.1) is 18.8 Å². The van der Waals surface area contributed by atoms with E-state index in [0.717, 1.165) is 0 Å². The van der Waals surface area contributed by atoms with Crippen LogP contribution in [0.25, 0.3) is 0 Å². The van der Waals surface area contributed by atoms with E-state index in [2.05, 4.69) is 0 Å². The third-order valence-electron chi connectivity index (χ3n) is 1.97. The molecule has 10 heavy (non-hydrogen) atoms. The summed E-state index contributed by atoms with van der Waals surface area (Å²) in [6, 6.07) is 0. The highest BCUT2D eigenvalue weighted by Crippen LogP contribution is 2.23. The van der Waals surface area contributed by atoms with Crippen molar-refractivity contribution in [1.82, 2.24) is 0 Å². The van der Waals surface area contributed by atoms with E-state index in [-0.39, 0.29) is 18.6 Å². The zero-order chi connectivity index (χ0) is 7.72. The fourth-order valence-corrected chi connectivity index (χ4v) is 1.13. The number of hydrogen-bond acceptors (Lipinski definition) is 4. The van der Waals surface area contributed by atoms with Crippen LogP contribution in [0.2, 0.25) is 0 Å². The molecule has 4 nitrogen and oxygen atoms in total. The molecule has 1 rings (SSSR count). The summed E-state index contributed by atoms with van der Waals surface area (Å²) in [5.41, 5.74) is 5.35. The lowest BCUT2D eigenvalue weighted by Crippen LogP contribution is -2.32. The van der Waals surface area contributed by atoms with Gasteiger partial charge in [-0.05, 0) is 0 Å². The minimum absolute atomic E-state index is 0.0694. The zero-order valence-electron chi connectivity index (χ0n) is 5.90. The third-order valence-corrected chi connectivity index (χ3v) is 1.97. The van der Waals surface area contributed by atoms with E-state index in [1.807, 2.05) is 0 Å². The molecule has 60 valence electrons. The van der Waals surface area contributed by atoms with Crippen LogP contribution in [0, 0.1) is 5.92 Å². The van der Waals surface area contributed by atoms with Crippen molar-refractivity contribution in [3.8, 4) is 0 Å². The standard InChI is InChI=1S/C6H13NO3/c1-3-4(2-8)10-6(7)5(3)9/h3-6,8-9H,2,7H2,1H3/t3-,4+,5-,6+/m1/s1. The Morgan fingerprint density at radius 1 is 1.60 bits per heavy atom. The van der Waals surface area contributed by atoms with Gasteiger partial charge in [0, 0.05) is 5.92 Å². The first-order valence-electron chi connectivity index (χ1n) is 3.36. The quantitative estimate of drug-likeness (QED) is 0.429. The van der Waals surface area contributed by atoms with Crippen LogP contribution < -0.4 is 5.73 Å². The SMILES string of the molecule is C[C@H]1[C@@H](O)[C@@H](N)O[C@H]1CO. The maximum atomic E-state index is 9.21. The molecule has 4 atom stereocenters. The van der Waals surface area contributed by atoms with Crippen molar-refractivity contribution >= 4 is 0 Å². The average Bonchev–Trinajstić information content (AvgIpc) is 2.17. The van der Waals surface area contributed by atoms with Crippen LogP contribution in [0.4, 0.5) is 0 Å². The molecule has 0 unspecified atom stereocenters. The van der Waals surface area contributed by atoms with E-state index in [0.29, 0.717) is 0 Å². The molecule has 0 aromatic carbocycles. The minimum atomic E-state index is -0.642. The van der Waals surface area contributed by atoms with Gasteiger partial charge >= 0.3 is 0 Å². The summed E-state index contributed by atoms with van der Waals surface area (Å²) >= 11 is 0. The monoisotopic (exact) mass is 147 g/mol. The second kappa shape index (κ2) is 2.84. The van der Waals surface area contributed by atoms with E-state index >= 15 is 0 Å². The second-order valence-electron chi connectivity index (χ2n) is 2.67. The first-order chi connectivity index (χ1) is 4.66. The van der Waals surface area contributed by atoms with Crippen molar-refractivity contribution in [2.24, 2.45) is 11.7 Å². The lowest BCUT2D eigenvalue weighted by Gasteiger charge is -2.10. The van der Waals surface area contributed by atoms with Gasteiger partial charge in [0.1, 0.15) is 6.23 Å². The molecule has 1 aliphatic rings. The van der Waals surface area contributed by atoms with Gasteiger partial charge in [0.15, 0.2) is 0 Å². The Morgan fingerprint density at radius 2 is 2.20 bits per heavy atom. The fraction of sp³-hybridized carbons (Fsp3) is 1.00. The summed E-state index contributed by atoms with van der Waals surface area (Å²) in [7, 11) is 0. The predicted octanol–water partition coefficient (Wildman–Crippen LogP) is -1.34. The Hall–Kier alpha value is -0.160. The smallest absolute Gasteiger partial charge is 0.132 e. The van der Waals surface area contributed by atoms with E-state index in [1.165, 1.54) is 0 Å². The Bertz CT molecular complexity index is 120. The molecule has 0 radical (unpaired) electrons. The summed E-state index contributed by atoms with van der Waals surface area (Å²) in [5, 5.41) is 17.9. The minimum Gasteiger partial charge on any atom is -0.394 e. The highest BCUT2D eigenvalue weighted by molar-refractivity contribution is 4.84. The Morgan fingerprint density at radius 3 is 2.40 bits per heavy atom. The van der Waals surface area contributed by atoms with Crippen LogP contribution in [0.5, 0.6) is 0 Å². The third kappa shape index (κ3) is 1.15. The lowest BCUT2D eigenvalue weighted by atomic mass is 10.0. The summed E-state index contributed by atoms with van der Waals surface area (Å²) in [5.74, 6) is -0.0694. The number of aliphatic hydroxyl groups is 2. The Balaban J connectivity index is 2.53. The molecule has 0 aromatic heterocycles. The number of nitrogens with two attached hydrogens (primary N) is 1. The van der Waals surface area contributed by atoms with Crippen LogP contribution in [0.3, 0.4) is 0 Å². The van der Waals surface area contributed by atoms with E-state index < -0.39 is 12.3 Å². The lowest BCUT2D eigenvalue weighted by molar-refractivity contribution is -0.00767. The first kappa shape index (κ1) is 7.94. The van der Waals surface area contributed by atoms with Gasteiger partial charge in [-0.3, -0.25) is 0 Å². The summed E-state index contributed by atoms with van der Waals surface area (Å²) in [6.07, 6.45) is -1.57. The van der Waals surface area contributed by atoms with Crippen molar-refractivity contribution in [2.75, 3.05) is 6.61 Å². The molecule has 0 amide bonds. The topological polar surface area (TPSA) is 75.7 Å². The highest BCUT2D eigenvalue weighted by atomic mass is 16.5. The van der Waals surface area contributed by atoms with Crippen LogP contribution in [0.15, 0.2) is 0 Å². The van der Waals surface area contributed by atoms with Gasteiger partial charge in [-0.1, -0.05) is 6.92 Å². The van der Waals surface area contributed by atoms with Gasteiger partial charge in [-0.2, -0.15) is 0 Å². The maximum absolute atomic E-state index is 9.21. The molecule has 1 aliphatic heterocycles. The molecular weight excluding hydrogens is 134 g/mol. The Kier molecular flexibility index (Phi) is 2.25. The highest BCUT2D eigenvalue weighted by Gasteiger charge is 2.37. The summed E-state index contributed by atoms with van der Waals surface area (Å²) in [6.45, 7) is 1.73. The average molecular weight is 147 g/mol. The molecule has 0 aromatic rings. The molecule has 1 heterocycles. The van der Waals surface area contributed by atoms with Gasteiger partial charge in [0.2, 0.25) is 0 Å². The Labute approximate surface area is 59.6 Å². The van der Waals surface area contributed by atoms with Gasteiger partial charge in [-0.15, -0.1) is 0 Å². The van der Waals surface area contributed by atoms with E-state index in [4.69, 9.17) is 15.6 Å². The van der Waals surface area contributed by atoms with Crippen LogP contribution >= 0.6 is 0 Å². The number of ether oxygens (including phenoxy) is 1. The van der Waals surface area contributed by atoms with Crippen molar-refractivity contribution in [2.45, 2.75) is 25.4 Å². The van der Waals surface area contributed by atoms with E-state index in [9.17, 15) is 5.11 Å². The molecule has 1 fully saturated rings. The molecule has 4 N–H and O–H groups in total. The molecule has 4 heteroatoms. The zero-order valence-corrected chi connectivity index (χ0v) is 5.90. The van der Waals surface area contributed by atoms with Gasteiger partial charge in [-0.25, -0.2) is 0 Å². The van der Waals surface area contributed by atoms with Crippen molar-refractivity contribution < 1.29 is 14.9 Å². The fourth-order valence-electron chi connectivity index (χ4n) is 1.13. The molecule has 0 saturated carbocycles.